The van der Waals surface area contributed by atoms with Crippen LogP contribution in [0.25, 0.3) is 0 Å². The van der Waals surface area contributed by atoms with Crippen molar-refractivity contribution in [3.63, 3.8) is 0 Å². The highest BCUT2D eigenvalue weighted by Gasteiger charge is 2.47. The zero-order valence-corrected chi connectivity index (χ0v) is 9.19. The maximum atomic E-state index is 11.8. The number of nitrogens with zero attached hydrogens (tertiary/aromatic N) is 1. The Morgan fingerprint density at radius 2 is 2.27 bits per heavy atom. The fourth-order valence-corrected chi connectivity index (χ4v) is 2.34. The van der Waals surface area contributed by atoms with Crippen molar-refractivity contribution in [2.75, 3.05) is 6.54 Å². The summed E-state index contributed by atoms with van der Waals surface area (Å²) in [5.74, 6) is -0.561. The molecule has 1 unspecified atom stereocenters. The lowest BCUT2D eigenvalue weighted by Gasteiger charge is -2.26. The summed E-state index contributed by atoms with van der Waals surface area (Å²) in [7, 11) is 0. The number of hydroxylamine groups is 2. The summed E-state index contributed by atoms with van der Waals surface area (Å²) >= 11 is 0. The van der Waals surface area contributed by atoms with Crippen molar-refractivity contribution in [2.24, 2.45) is 17.1 Å². The van der Waals surface area contributed by atoms with E-state index in [9.17, 15) is 14.8 Å². The number of rotatable bonds is 4. The van der Waals surface area contributed by atoms with Crippen LogP contribution in [0.5, 0.6) is 0 Å². The van der Waals surface area contributed by atoms with Crippen molar-refractivity contribution in [2.45, 2.75) is 33.1 Å². The minimum Gasteiger partial charge on any atom is -0.370 e. The molecule has 0 saturated carbocycles. The molecule has 0 aromatic rings. The number of carbonyl (C=O) groups is 2. The predicted molar refractivity (Wildman–Crippen MR) is 53.8 cm³/mol. The van der Waals surface area contributed by atoms with E-state index in [-0.39, 0.29) is 12.3 Å². The van der Waals surface area contributed by atoms with Gasteiger partial charge >= 0.3 is 0 Å². The van der Waals surface area contributed by atoms with Crippen LogP contribution in [0.1, 0.15) is 33.1 Å². The quantitative estimate of drug-likeness (QED) is 0.669. The zero-order valence-electron chi connectivity index (χ0n) is 9.19. The number of hydrogen-bond donors (Lipinski definition) is 2. The number of amides is 2. The topological polar surface area (TPSA) is 83.6 Å². The molecule has 0 bridgehead atoms. The van der Waals surface area contributed by atoms with Crippen LogP contribution in [0.15, 0.2) is 0 Å². The highest BCUT2D eigenvalue weighted by Crippen LogP contribution is 2.40. The van der Waals surface area contributed by atoms with Gasteiger partial charge in [-0.05, 0) is 18.8 Å². The second-order valence-corrected chi connectivity index (χ2v) is 4.70. The van der Waals surface area contributed by atoms with Gasteiger partial charge in [0.25, 0.3) is 5.91 Å². The average Bonchev–Trinajstić information content (AvgIpc) is 2.32. The Kier molecular flexibility index (Phi) is 3.34. The van der Waals surface area contributed by atoms with Crippen LogP contribution in [0.2, 0.25) is 0 Å². The maximum absolute atomic E-state index is 11.8. The molecule has 5 nitrogen and oxygen atoms in total. The van der Waals surface area contributed by atoms with Crippen LogP contribution in [0.3, 0.4) is 0 Å². The molecule has 1 aliphatic rings. The smallest absolute Gasteiger partial charge is 0.252 e. The van der Waals surface area contributed by atoms with Gasteiger partial charge in [-0.15, -0.1) is 0 Å². The van der Waals surface area contributed by atoms with Gasteiger partial charge in [-0.25, -0.2) is 5.06 Å². The Balaban J connectivity index is 2.86. The minimum atomic E-state index is -0.769. The Morgan fingerprint density at radius 3 is 2.60 bits per heavy atom. The largest absolute Gasteiger partial charge is 0.370 e. The molecule has 1 rings (SSSR count). The Morgan fingerprint density at radius 1 is 1.67 bits per heavy atom. The molecule has 0 radical (unpaired) electrons. The van der Waals surface area contributed by atoms with Crippen LogP contribution in [-0.2, 0) is 9.59 Å². The number of hydrogen-bond acceptors (Lipinski definition) is 3. The summed E-state index contributed by atoms with van der Waals surface area (Å²) in [6.07, 6.45) is 1.12. The monoisotopic (exact) mass is 214 g/mol. The molecule has 1 fully saturated rings. The molecule has 1 heterocycles. The van der Waals surface area contributed by atoms with Crippen LogP contribution < -0.4 is 5.73 Å². The van der Waals surface area contributed by atoms with E-state index in [1.807, 2.05) is 13.8 Å². The molecule has 0 aromatic carbocycles. The van der Waals surface area contributed by atoms with Crippen molar-refractivity contribution < 1.29 is 14.8 Å². The van der Waals surface area contributed by atoms with Gasteiger partial charge in [0, 0.05) is 13.0 Å². The van der Waals surface area contributed by atoms with E-state index in [1.54, 1.807) is 0 Å². The molecule has 86 valence electrons. The lowest BCUT2D eigenvalue weighted by Crippen LogP contribution is -2.37. The molecule has 0 aliphatic carbocycles. The van der Waals surface area contributed by atoms with Gasteiger partial charge in [-0.1, -0.05) is 13.8 Å². The van der Waals surface area contributed by atoms with Crippen molar-refractivity contribution in [3.8, 4) is 0 Å². The summed E-state index contributed by atoms with van der Waals surface area (Å²) in [5, 5.41) is 9.99. The summed E-state index contributed by atoms with van der Waals surface area (Å²) in [6, 6.07) is 0. The number of carbonyl (C=O) groups excluding carboxylic acids is 2. The lowest BCUT2D eigenvalue weighted by molar-refractivity contribution is -0.165. The molecular formula is C10H18N2O3. The SMILES string of the molecule is CC(C)CC1(CC(N)=O)CCN(O)C1=O. The second-order valence-electron chi connectivity index (χ2n) is 4.70. The summed E-state index contributed by atoms with van der Waals surface area (Å²) < 4.78 is 0. The average molecular weight is 214 g/mol. The first-order valence-corrected chi connectivity index (χ1v) is 5.16. The number of nitrogens with two attached hydrogens (primary N) is 1. The van der Waals surface area contributed by atoms with E-state index in [2.05, 4.69) is 0 Å². The van der Waals surface area contributed by atoms with Gasteiger partial charge in [-0.3, -0.25) is 14.8 Å². The summed E-state index contributed by atoms with van der Waals surface area (Å²) in [6.45, 7) is 4.25. The van der Waals surface area contributed by atoms with E-state index in [4.69, 9.17) is 5.73 Å². The molecule has 3 N–H and O–H groups in total. The van der Waals surface area contributed by atoms with Gasteiger partial charge in [0.2, 0.25) is 5.91 Å². The maximum Gasteiger partial charge on any atom is 0.252 e. The highest BCUT2D eigenvalue weighted by molar-refractivity contribution is 5.89. The zero-order chi connectivity index (χ0) is 11.6. The van der Waals surface area contributed by atoms with Gasteiger partial charge < -0.3 is 5.73 Å². The van der Waals surface area contributed by atoms with E-state index < -0.39 is 11.3 Å². The molecule has 0 aromatic heterocycles. The lowest BCUT2D eigenvalue weighted by atomic mass is 9.76. The summed E-state index contributed by atoms with van der Waals surface area (Å²) in [4.78, 5) is 22.7. The molecule has 5 heteroatoms. The molecule has 2 amide bonds. The van der Waals surface area contributed by atoms with Gasteiger partial charge in [0.1, 0.15) is 0 Å². The fourth-order valence-electron chi connectivity index (χ4n) is 2.34. The van der Waals surface area contributed by atoms with Crippen molar-refractivity contribution in [1.29, 1.82) is 0 Å². The van der Waals surface area contributed by atoms with E-state index in [0.29, 0.717) is 30.4 Å². The third-order valence-electron chi connectivity index (χ3n) is 2.80. The van der Waals surface area contributed by atoms with Crippen molar-refractivity contribution >= 4 is 11.8 Å². The number of primary amides is 1. The highest BCUT2D eigenvalue weighted by atomic mass is 16.5. The standard InChI is InChI=1S/C10H18N2O3/c1-7(2)5-10(6-8(11)13)3-4-12(15)9(10)14/h7,15H,3-6H2,1-2H3,(H2,11,13). The van der Waals surface area contributed by atoms with E-state index in [1.165, 1.54) is 0 Å². The van der Waals surface area contributed by atoms with Crippen molar-refractivity contribution in [3.05, 3.63) is 0 Å². The first kappa shape index (κ1) is 12.0. The summed E-state index contributed by atoms with van der Waals surface area (Å²) in [5.41, 5.74) is 4.38. The van der Waals surface area contributed by atoms with E-state index in [0.717, 1.165) is 0 Å². The normalized spacial score (nSPS) is 26.4. The Labute approximate surface area is 89.2 Å². The predicted octanol–water partition coefficient (Wildman–Crippen LogP) is 0.516. The molecule has 0 spiro atoms. The van der Waals surface area contributed by atoms with Crippen LogP contribution in [0, 0.1) is 11.3 Å². The molecular weight excluding hydrogens is 196 g/mol. The molecule has 1 aliphatic heterocycles. The molecule has 1 saturated heterocycles. The fraction of sp³-hybridized carbons (Fsp3) is 0.800. The Hall–Kier alpha value is -1.10. The first-order valence-electron chi connectivity index (χ1n) is 5.16. The van der Waals surface area contributed by atoms with Crippen LogP contribution in [-0.4, -0.2) is 28.6 Å². The van der Waals surface area contributed by atoms with Gasteiger partial charge in [0.05, 0.1) is 5.41 Å². The van der Waals surface area contributed by atoms with E-state index >= 15 is 0 Å². The third kappa shape index (κ3) is 2.47. The molecule has 1 atom stereocenters. The van der Waals surface area contributed by atoms with Crippen LogP contribution >= 0.6 is 0 Å². The third-order valence-corrected chi connectivity index (χ3v) is 2.80. The van der Waals surface area contributed by atoms with Crippen LogP contribution in [0.4, 0.5) is 0 Å². The van der Waals surface area contributed by atoms with Gasteiger partial charge in [0.15, 0.2) is 0 Å². The Bertz CT molecular complexity index is 278. The minimum absolute atomic E-state index is 0.0288. The molecule has 15 heavy (non-hydrogen) atoms. The first-order chi connectivity index (χ1) is 6.87. The van der Waals surface area contributed by atoms with Gasteiger partial charge in [-0.2, -0.15) is 0 Å². The second kappa shape index (κ2) is 4.18. The van der Waals surface area contributed by atoms with Crippen molar-refractivity contribution in [1.82, 2.24) is 5.06 Å².